The van der Waals surface area contributed by atoms with Gasteiger partial charge in [-0.1, -0.05) is 0 Å². The summed E-state index contributed by atoms with van der Waals surface area (Å²) in [5.41, 5.74) is 1.13. The number of aryl methyl sites for hydroxylation is 1. The molecular weight excluding hydrogens is 222 g/mol. The molecule has 2 rings (SSSR count). The van der Waals surface area contributed by atoms with Crippen molar-refractivity contribution in [3.63, 3.8) is 0 Å². The maximum Gasteiger partial charge on any atom is 0.310 e. The Kier molecular flexibility index (Phi) is 2.79. The topological polar surface area (TPSA) is 83.4 Å². The van der Waals surface area contributed by atoms with Gasteiger partial charge >= 0.3 is 5.97 Å². The first kappa shape index (κ1) is 11.5. The number of ketones is 1. The van der Waals surface area contributed by atoms with Crippen molar-refractivity contribution in [1.29, 1.82) is 0 Å². The first-order chi connectivity index (χ1) is 7.99. The number of anilines is 1. The summed E-state index contributed by atoms with van der Waals surface area (Å²) in [4.78, 5) is 31.9. The molecule has 1 aliphatic rings. The number of aliphatic carboxylic acids is 1. The minimum atomic E-state index is -0.793. The van der Waals surface area contributed by atoms with Crippen molar-refractivity contribution in [2.45, 2.75) is 13.8 Å². The molecule has 1 fully saturated rings. The third-order valence-electron chi connectivity index (χ3n) is 2.86. The molecule has 1 N–H and O–H groups in total. The highest BCUT2D eigenvalue weighted by atomic mass is 16.4. The fourth-order valence-corrected chi connectivity index (χ4v) is 1.75. The summed E-state index contributed by atoms with van der Waals surface area (Å²) in [5.74, 6) is -0.712. The molecule has 1 aromatic rings. The molecule has 0 saturated carbocycles. The van der Waals surface area contributed by atoms with Gasteiger partial charge in [-0.25, -0.2) is 9.97 Å². The normalized spacial score (nSPS) is 15.5. The lowest BCUT2D eigenvalue weighted by atomic mass is 10.0. The lowest BCUT2D eigenvalue weighted by Crippen LogP contribution is -2.51. The highest BCUT2D eigenvalue weighted by molar-refractivity contribution is 5.94. The fourth-order valence-electron chi connectivity index (χ4n) is 1.75. The van der Waals surface area contributed by atoms with Crippen LogP contribution in [-0.4, -0.2) is 39.9 Å². The second-order valence-electron chi connectivity index (χ2n) is 4.17. The van der Waals surface area contributed by atoms with Crippen LogP contribution in [-0.2, 0) is 4.79 Å². The van der Waals surface area contributed by atoms with E-state index in [0.717, 1.165) is 0 Å². The number of hydrogen-bond donors (Lipinski definition) is 1. The predicted molar refractivity (Wildman–Crippen MR) is 60.1 cm³/mol. The van der Waals surface area contributed by atoms with Gasteiger partial charge in [0.1, 0.15) is 0 Å². The van der Waals surface area contributed by atoms with E-state index in [9.17, 15) is 9.59 Å². The number of hydrogen-bond acceptors (Lipinski definition) is 5. The van der Waals surface area contributed by atoms with E-state index in [1.807, 2.05) is 0 Å². The van der Waals surface area contributed by atoms with Crippen molar-refractivity contribution >= 4 is 17.7 Å². The second-order valence-corrected chi connectivity index (χ2v) is 4.17. The summed E-state index contributed by atoms with van der Waals surface area (Å²) in [7, 11) is 0. The van der Waals surface area contributed by atoms with Gasteiger partial charge in [0, 0.05) is 19.3 Å². The lowest BCUT2D eigenvalue weighted by Gasteiger charge is -2.36. The van der Waals surface area contributed by atoms with Crippen LogP contribution in [0.15, 0.2) is 6.20 Å². The summed E-state index contributed by atoms with van der Waals surface area (Å²) in [6.45, 7) is 4.06. The van der Waals surface area contributed by atoms with Gasteiger partial charge in [-0.3, -0.25) is 9.59 Å². The maximum absolute atomic E-state index is 11.2. The Balaban J connectivity index is 2.12. The molecule has 1 aliphatic heterocycles. The molecule has 6 heteroatoms. The average Bonchev–Trinajstić information content (AvgIpc) is 2.13. The molecule has 0 radical (unpaired) electrons. The first-order valence-electron chi connectivity index (χ1n) is 5.31. The van der Waals surface area contributed by atoms with Crippen LogP contribution in [0.5, 0.6) is 0 Å². The Morgan fingerprint density at radius 3 is 2.59 bits per heavy atom. The molecule has 1 saturated heterocycles. The van der Waals surface area contributed by atoms with Crippen LogP contribution in [0.2, 0.25) is 0 Å². The average molecular weight is 235 g/mol. The van der Waals surface area contributed by atoms with Crippen molar-refractivity contribution in [2.24, 2.45) is 5.92 Å². The van der Waals surface area contributed by atoms with Gasteiger partial charge in [0.2, 0.25) is 5.95 Å². The molecule has 0 aromatic carbocycles. The standard InChI is InChI=1S/C11H13N3O3/c1-6-9(7(2)15)3-12-11(13-6)14-4-8(5-14)10(16)17/h3,8H,4-5H2,1-2H3,(H,16,17). The Hall–Kier alpha value is -1.98. The number of carboxylic acids is 1. The third kappa shape index (κ3) is 2.11. The quantitative estimate of drug-likeness (QED) is 0.768. The van der Waals surface area contributed by atoms with Crippen LogP contribution in [0, 0.1) is 12.8 Å². The molecular formula is C11H13N3O3. The molecule has 0 atom stereocenters. The van der Waals surface area contributed by atoms with Gasteiger partial charge in [-0.05, 0) is 13.8 Å². The lowest BCUT2D eigenvalue weighted by molar-refractivity contribution is -0.142. The smallest absolute Gasteiger partial charge is 0.310 e. The van der Waals surface area contributed by atoms with Crippen molar-refractivity contribution in [1.82, 2.24) is 9.97 Å². The highest BCUT2D eigenvalue weighted by Crippen LogP contribution is 2.21. The highest BCUT2D eigenvalue weighted by Gasteiger charge is 2.34. The summed E-state index contributed by atoms with van der Waals surface area (Å²) in [5, 5.41) is 8.76. The maximum atomic E-state index is 11.2. The molecule has 0 aliphatic carbocycles. The van der Waals surface area contributed by atoms with E-state index in [1.54, 1.807) is 11.8 Å². The van der Waals surface area contributed by atoms with Gasteiger partial charge in [-0.15, -0.1) is 0 Å². The van der Waals surface area contributed by atoms with E-state index in [-0.39, 0.29) is 11.7 Å². The van der Waals surface area contributed by atoms with Gasteiger partial charge in [-0.2, -0.15) is 0 Å². The molecule has 2 heterocycles. The van der Waals surface area contributed by atoms with E-state index >= 15 is 0 Å². The summed E-state index contributed by atoms with van der Waals surface area (Å²) < 4.78 is 0. The monoisotopic (exact) mass is 235 g/mol. The number of carbonyl (C=O) groups excluding carboxylic acids is 1. The zero-order valence-electron chi connectivity index (χ0n) is 9.67. The van der Waals surface area contributed by atoms with E-state index in [4.69, 9.17) is 5.11 Å². The minimum Gasteiger partial charge on any atom is -0.481 e. The Morgan fingerprint density at radius 2 is 2.12 bits per heavy atom. The first-order valence-corrected chi connectivity index (χ1v) is 5.31. The number of nitrogens with zero attached hydrogens (tertiary/aromatic N) is 3. The number of carbonyl (C=O) groups is 2. The van der Waals surface area contributed by atoms with Crippen LogP contribution < -0.4 is 4.90 Å². The van der Waals surface area contributed by atoms with E-state index in [2.05, 4.69) is 9.97 Å². The molecule has 0 bridgehead atoms. The Bertz CT molecular complexity index is 481. The van der Waals surface area contributed by atoms with Crippen molar-refractivity contribution in [2.75, 3.05) is 18.0 Å². The summed E-state index contributed by atoms with van der Waals surface area (Å²) >= 11 is 0. The van der Waals surface area contributed by atoms with E-state index in [1.165, 1.54) is 13.1 Å². The molecule has 0 spiro atoms. The molecule has 1 aromatic heterocycles. The van der Waals surface area contributed by atoms with Crippen LogP contribution in [0.1, 0.15) is 23.0 Å². The van der Waals surface area contributed by atoms with Gasteiger partial charge < -0.3 is 10.0 Å². The SMILES string of the molecule is CC(=O)c1cnc(N2CC(C(=O)O)C2)nc1C. The predicted octanol–water partition coefficient (Wildman–Crippen LogP) is 0.508. The number of rotatable bonds is 3. The molecule has 0 unspecified atom stereocenters. The summed E-state index contributed by atoms with van der Waals surface area (Å²) in [6, 6.07) is 0. The molecule has 6 nitrogen and oxygen atoms in total. The van der Waals surface area contributed by atoms with Crippen LogP contribution in [0.4, 0.5) is 5.95 Å². The molecule has 0 amide bonds. The van der Waals surface area contributed by atoms with Crippen molar-refractivity contribution in [3.8, 4) is 0 Å². The fraction of sp³-hybridized carbons (Fsp3) is 0.455. The number of carboxylic acid groups (broad SMARTS) is 1. The van der Waals surface area contributed by atoms with E-state index in [0.29, 0.717) is 30.3 Å². The number of Topliss-reactive ketones (excluding diaryl/α,β-unsaturated/α-hetero) is 1. The van der Waals surface area contributed by atoms with Gasteiger partial charge in [0.25, 0.3) is 0 Å². The minimum absolute atomic E-state index is 0.0685. The van der Waals surface area contributed by atoms with Crippen molar-refractivity contribution < 1.29 is 14.7 Å². The third-order valence-corrected chi connectivity index (χ3v) is 2.86. The van der Waals surface area contributed by atoms with Crippen molar-refractivity contribution in [3.05, 3.63) is 17.5 Å². The summed E-state index contributed by atoms with van der Waals surface area (Å²) in [6.07, 6.45) is 1.49. The van der Waals surface area contributed by atoms with Gasteiger partial charge in [0.05, 0.1) is 17.2 Å². The second kappa shape index (κ2) is 4.12. The van der Waals surface area contributed by atoms with E-state index < -0.39 is 5.97 Å². The zero-order valence-corrected chi connectivity index (χ0v) is 9.67. The largest absolute Gasteiger partial charge is 0.481 e. The van der Waals surface area contributed by atoms with Crippen LogP contribution in [0.25, 0.3) is 0 Å². The van der Waals surface area contributed by atoms with Crippen LogP contribution in [0.3, 0.4) is 0 Å². The molecule has 90 valence electrons. The van der Waals surface area contributed by atoms with Crippen LogP contribution >= 0.6 is 0 Å². The number of aromatic nitrogens is 2. The Labute approximate surface area is 98.3 Å². The Morgan fingerprint density at radius 1 is 1.47 bits per heavy atom. The molecule has 17 heavy (non-hydrogen) atoms. The zero-order chi connectivity index (χ0) is 12.6. The van der Waals surface area contributed by atoms with Gasteiger partial charge in [0.15, 0.2) is 5.78 Å².